The maximum atomic E-state index is 9.30. The number of thiophene rings is 1. The van der Waals surface area contributed by atoms with Crippen LogP contribution in [0.2, 0.25) is 0 Å². The highest BCUT2D eigenvalue weighted by atomic mass is 32.1. The third kappa shape index (κ3) is 2.42. The summed E-state index contributed by atoms with van der Waals surface area (Å²) < 4.78 is 0. The first kappa shape index (κ1) is 11.7. The van der Waals surface area contributed by atoms with Gasteiger partial charge in [-0.3, -0.25) is 0 Å². The molecule has 1 atom stereocenters. The van der Waals surface area contributed by atoms with Gasteiger partial charge in [0.15, 0.2) is 0 Å². The molecule has 2 aliphatic carbocycles. The molecule has 2 N–H and O–H groups in total. The first-order chi connectivity index (χ1) is 8.22. The van der Waals surface area contributed by atoms with Gasteiger partial charge in [0.05, 0.1) is 6.10 Å². The molecule has 0 radical (unpaired) electrons. The number of nitrogens with one attached hydrogen (secondary N) is 1. The lowest BCUT2D eigenvalue weighted by atomic mass is 9.89. The van der Waals surface area contributed by atoms with Gasteiger partial charge in [0.1, 0.15) is 0 Å². The van der Waals surface area contributed by atoms with E-state index in [1.54, 1.807) is 10.4 Å². The predicted octanol–water partition coefficient (Wildman–Crippen LogP) is 2.80. The van der Waals surface area contributed by atoms with Crippen LogP contribution in [0.4, 0.5) is 0 Å². The van der Waals surface area contributed by atoms with E-state index in [0.29, 0.717) is 12.1 Å². The molecule has 0 amide bonds. The zero-order valence-electron chi connectivity index (χ0n) is 10.4. The Kier molecular flexibility index (Phi) is 3.24. The topological polar surface area (TPSA) is 32.3 Å². The van der Waals surface area contributed by atoms with Crippen LogP contribution in [0, 0.1) is 0 Å². The fourth-order valence-corrected chi connectivity index (χ4v) is 4.16. The highest BCUT2D eigenvalue weighted by molar-refractivity contribution is 7.12. The Morgan fingerprint density at radius 2 is 2.12 bits per heavy atom. The molecule has 3 heteroatoms. The zero-order valence-corrected chi connectivity index (χ0v) is 11.2. The molecule has 1 saturated carbocycles. The van der Waals surface area contributed by atoms with Crippen LogP contribution < -0.4 is 5.32 Å². The van der Waals surface area contributed by atoms with Gasteiger partial charge in [-0.2, -0.15) is 0 Å². The van der Waals surface area contributed by atoms with Crippen LogP contribution in [0.3, 0.4) is 0 Å². The van der Waals surface area contributed by atoms with Crippen molar-refractivity contribution in [2.45, 2.75) is 63.6 Å². The van der Waals surface area contributed by atoms with Crippen molar-refractivity contribution >= 4 is 11.3 Å². The molecule has 94 valence electrons. The van der Waals surface area contributed by atoms with E-state index >= 15 is 0 Å². The second-order valence-corrected chi connectivity index (χ2v) is 6.68. The van der Waals surface area contributed by atoms with E-state index in [9.17, 15) is 5.11 Å². The molecule has 1 aromatic heterocycles. The van der Waals surface area contributed by atoms with Crippen molar-refractivity contribution in [3.8, 4) is 0 Å². The lowest BCUT2D eigenvalue weighted by molar-refractivity contribution is 0.0587. The van der Waals surface area contributed by atoms with Gasteiger partial charge in [0.25, 0.3) is 0 Å². The van der Waals surface area contributed by atoms with Gasteiger partial charge in [0, 0.05) is 21.8 Å². The first-order valence-corrected chi connectivity index (χ1v) is 7.59. The summed E-state index contributed by atoms with van der Waals surface area (Å²) in [5, 5.41) is 12.9. The number of rotatable bonds is 3. The molecule has 0 aromatic carbocycles. The standard InChI is InChI=1S/C14H21NOS/c1-9(15-11-7-12(16)8-11)14-6-10-4-2-3-5-13(10)17-14/h6,9,11-12,15-16H,2-5,7-8H2,1H3. The first-order valence-electron chi connectivity index (χ1n) is 6.78. The molecular weight excluding hydrogens is 230 g/mol. The molecule has 1 heterocycles. The molecule has 17 heavy (non-hydrogen) atoms. The highest BCUT2D eigenvalue weighted by Crippen LogP contribution is 2.33. The van der Waals surface area contributed by atoms with Gasteiger partial charge < -0.3 is 10.4 Å². The summed E-state index contributed by atoms with van der Waals surface area (Å²) >= 11 is 2.00. The number of aliphatic hydroxyl groups excluding tert-OH is 1. The molecule has 1 unspecified atom stereocenters. The Morgan fingerprint density at radius 1 is 1.35 bits per heavy atom. The Hall–Kier alpha value is -0.380. The molecule has 0 spiro atoms. The van der Waals surface area contributed by atoms with Crippen LogP contribution in [0.25, 0.3) is 0 Å². The van der Waals surface area contributed by atoms with Crippen LogP contribution in [0.15, 0.2) is 6.07 Å². The summed E-state index contributed by atoms with van der Waals surface area (Å²) in [6, 6.07) is 3.38. The van der Waals surface area contributed by atoms with Gasteiger partial charge in [-0.25, -0.2) is 0 Å². The van der Waals surface area contributed by atoms with E-state index in [1.807, 2.05) is 11.3 Å². The van der Waals surface area contributed by atoms with Gasteiger partial charge in [0.2, 0.25) is 0 Å². The van der Waals surface area contributed by atoms with Crippen molar-refractivity contribution in [2.24, 2.45) is 0 Å². The van der Waals surface area contributed by atoms with Crippen molar-refractivity contribution < 1.29 is 5.11 Å². The normalized spacial score (nSPS) is 29.5. The van der Waals surface area contributed by atoms with E-state index in [-0.39, 0.29) is 6.10 Å². The SMILES string of the molecule is CC(NC1CC(O)C1)c1cc2c(s1)CCCC2. The number of fused-ring (bicyclic) bond motifs is 1. The Balaban J connectivity index is 1.64. The average Bonchev–Trinajstić information content (AvgIpc) is 2.70. The average molecular weight is 251 g/mol. The second kappa shape index (κ2) is 4.71. The van der Waals surface area contributed by atoms with Crippen molar-refractivity contribution in [3.05, 3.63) is 21.4 Å². The van der Waals surface area contributed by atoms with Crippen LogP contribution in [0.1, 0.15) is 54.0 Å². The molecular formula is C14H21NOS. The summed E-state index contributed by atoms with van der Waals surface area (Å²) in [5.74, 6) is 0. The van der Waals surface area contributed by atoms with E-state index in [4.69, 9.17) is 0 Å². The van der Waals surface area contributed by atoms with Crippen molar-refractivity contribution in [1.82, 2.24) is 5.32 Å². The summed E-state index contributed by atoms with van der Waals surface area (Å²) in [6.07, 6.45) is 7.08. The smallest absolute Gasteiger partial charge is 0.0570 e. The summed E-state index contributed by atoms with van der Waals surface area (Å²) in [5.41, 5.74) is 1.60. The maximum Gasteiger partial charge on any atom is 0.0570 e. The lowest BCUT2D eigenvalue weighted by Crippen LogP contribution is -2.44. The van der Waals surface area contributed by atoms with E-state index < -0.39 is 0 Å². The molecule has 2 nitrogen and oxygen atoms in total. The van der Waals surface area contributed by atoms with Crippen LogP contribution >= 0.6 is 11.3 Å². The Labute approximate surface area is 107 Å². The number of aliphatic hydroxyl groups is 1. The van der Waals surface area contributed by atoms with Gasteiger partial charge in [-0.1, -0.05) is 0 Å². The fraction of sp³-hybridized carbons (Fsp3) is 0.714. The molecule has 1 aromatic rings. The summed E-state index contributed by atoms with van der Waals surface area (Å²) in [7, 11) is 0. The molecule has 2 aliphatic rings. The van der Waals surface area contributed by atoms with Gasteiger partial charge in [-0.05, 0) is 57.1 Å². The second-order valence-electron chi connectivity index (χ2n) is 5.51. The summed E-state index contributed by atoms with van der Waals surface area (Å²) in [4.78, 5) is 3.10. The van der Waals surface area contributed by atoms with Crippen LogP contribution in [-0.2, 0) is 12.8 Å². The Morgan fingerprint density at radius 3 is 2.82 bits per heavy atom. The minimum Gasteiger partial charge on any atom is -0.393 e. The lowest BCUT2D eigenvalue weighted by Gasteiger charge is -2.34. The largest absolute Gasteiger partial charge is 0.393 e. The van der Waals surface area contributed by atoms with Gasteiger partial charge >= 0.3 is 0 Å². The number of hydrogen-bond donors (Lipinski definition) is 2. The molecule has 0 saturated heterocycles. The van der Waals surface area contributed by atoms with E-state index in [2.05, 4.69) is 18.3 Å². The monoisotopic (exact) mass is 251 g/mol. The van der Waals surface area contributed by atoms with Gasteiger partial charge in [-0.15, -0.1) is 11.3 Å². The van der Waals surface area contributed by atoms with Crippen molar-refractivity contribution in [2.75, 3.05) is 0 Å². The highest BCUT2D eigenvalue weighted by Gasteiger charge is 2.28. The molecule has 0 aliphatic heterocycles. The minimum absolute atomic E-state index is 0.0590. The van der Waals surface area contributed by atoms with Crippen molar-refractivity contribution in [1.29, 1.82) is 0 Å². The minimum atomic E-state index is -0.0590. The maximum absolute atomic E-state index is 9.30. The van der Waals surface area contributed by atoms with E-state index in [0.717, 1.165) is 12.8 Å². The quantitative estimate of drug-likeness (QED) is 0.866. The predicted molar refractivity (Wildman–Crippen MR) is 71.5 cm³/mol. The number of aryl methyl sites for hydroxylation is 2. The van der Waals surface area contributed by atoms with Crippen LogP contribution in [0.5, 0.6) is 0 Å². The van der Waals surface area contributed by atoms with Crippen molar-refractivity contribution in [3.63, 3.8) is 0 Å². The molecule has 3 rings (SSSR count). The number of hydrogen-bond acceptors (Lipinski definition) is 3. The third-order valence-corrected chi connectivity index (χ3v) is 5.46. The fourth-order valence-electron chi connectivity index (χ4n) is 2.89. The van der Waals surface area contributed by atoms with E-state index in [1.165, 1.54) is 30.6 Å². The van der Waals surface area contributed by atoms with Crippen LogP contribution in [-0.4, -0.2) is 17.3 Å². The molecule has 1 fully saturated rings. The molecule has 0 bridgehead atoms. The third-order valence-electron chi connectivity index (χ3n) is 4.04. The zero-order chi connectivity index (χ0) is 11.8. The summed E-state index contributed by atoms with van der Waals surface area (Å²) in [6.45, 7) is 2.25. The Bertz CT molecular complexity index is 371.